The quantitative estimate of drug-likeness (QED) is 0.668. The molecule has 21 heavy (non-hydrogen) atoms. The zero-order valence-corrected chi connectivity index (χ0v) is 13.4. The Hall–Kier alpha value is -1.45. The van der Waals surface area contributed by atoms with E-state index in [4.69, 9.17) is 10.8 Å². The largest absolute Gasteiger partial charge is 0.271 e. The highest BCUT2D eigenvalue weighted by molar-refractivity contribution is 5.78. The monoisotopic (exact) mass is 283 g/mol. The number of nitrogens with zero attached hydrogens (tertiary/aromatic N) is 1. The Kier molecular flexibility index (Phi) is 3.30. The topological polar surface area (TPSA) is 50.9 Å². The molecule has 1 atom stereocenters. The highest BCUT2D eigenvalue weighted by Crippen LogP contribution is 2.69. The maximum atomic E-state index is 5.84. The van der Waals surface area contributed by atoms with Crippen molar-refractivity contribution in [2.24, 2.45) is 22.6 Å². The van der Waals surface area contributed by atoms with E-state index in [1.807, 2.05) is 12.1 Å². The summed E-state index contributed by atoms with van der Waals surface area (Å²) in [4.78, 5) is 4.77. The average Bonchev–Trinajstić information content (AvgIpc) is 2.86. The van der Waals surface area contributed by atoms with Gasteiger partial charge < -0.3 is 0 Å². The third-order valence-electron chi connectivity index (χ3n) is 5.83. The van der Waals surface area contributed by atoms with E-state index in [-0.39, 0.29) is 6.04 Å². The number of nitrogens with one attached hydrogen (secondary N) is 1. The van der Waals surface area contributed by atoms with Crippen LogP contribution in [0.2, 0.25) is 0 Å². The van der Waals surface area contributed by atoms with Crippen molar-refractivity contribution < 1.29 is 0 Å². The first-order valence-corrected chi connectivity index (χ1v) is 7.69. The molecule has 1 aliphatic rings. The Bertz CT molecular complexity index is 646. The smallest absolute Gasteiger partial charge is 0.0705 e. The minimum atomic E-state index is 0.267. The summed E-state index contributed by atoms with van der Waals surface area (Å²) in [5, 5.41) is 1.19. The second kappa shape index (κ2) is 4.79. The number of para-hydroxylation sites is 1. The molecule has 1 aromatic heterocycles. The summed E-state index contributed by atoms with van der Waals surface area (Å²) in [5.74, 6) is 6.41. The molecule has 3 heteroatoms. The molecule has 0 saturated heterocycles. The lowest BCUT2D eigenvalue weighted by atomic mass is 9.99. The molecule has 0 spiro atoms. The summed E-state index contributed by atoms with van der Waals surface area (Å²) < 4.78 is 0. The first kappa shape index (κ1) is 14.5. The van der Waals surface area contributed by atoms with Crippen LogP contribution in [0.3, 0.4) is 0 Å². The van der Waals surface area contributed by atoms with Gasteiger partial charge in [-0.15, -0.1) is 0 Å². The molecule has 3 N–H and O–H groups in total. The highest BCUT2D eigenvalue weighted by Gasteiger charge is 2.66. The fraction of sp³-hybridized carbons (Fsp3) is 0.500. The first-order chi connectivity index (χ1) is 9.88. The van der Waals surface area contributed by atoms with Crippen LogP contribution in [-0.2, 0) is 6.42 Å². The fourth-order valence-corrected chi connectivity index (χ4v) is 3.97. The SMILES string of the molecule is CC1(C)C(C(Cc2ccc3ccccc3n2)NN)C1(C)C. The molecule has 0 bridgehead atoms. The summed E-state index contributed by atoms with van der Waals surface area (Å²) in [6.45, 7) is 9.32. The van der Waals surface area contributed by atoms with E-state index in [9.17, 15) is 0 Å². The van der Waals surface area contributed by atoms with Crippen LogP contribution < -0.4 is 11.3 Å². The number of fused-ring (bicyclic) bond motifs is 1. The molecule has 1 heterocycles. The average molecular weight is 283 g/mol. The van der Waals surface area contributed by atoms with Gasteiger partial charge in [-0.25, -0.2) is 0 Å². The predicted molar refractivity (Wildman–Crippen MR) is 87.6 cm³/mol. The van der Waals surface area contributed by atoms with Crippen LogP contribution in [0.25, 0.3) is 10.9 Å². The molecule has 0 aliphatic heterocycles. The molecular weight excluding hydrogens is 258 g/mol. The Labute approximate surface area is 126 Å². The van der Waals surface area contributed by atoms with Crippen molar-refractivity contribution in [3.05, 3.63) is 42.1 Å². The van der Waals surface area contributed by atoms with E-state index in [1.165, 1.54) is 5.39 Å². The molecule has 112 valence electrons. The molecule has 1 fully saturated rings. The second-order valence-electron chi connectivity index (χ2n) is 7.39. The summed E-state index contributed by atoms with van der Waals surface area (Å²) in [6, 6.07) is 12.8. The maximum Gasteiger partial charge on any atom is 0.0705 e. The number of benzene rings is 1. The van der Waals surface area contributed by atoms with Crippen LogP contribution in [0.5, 0.6) is 0 Å². The van der Waals surface area contributed by atoms with E-state index in [1.54, 1.807) is 0 Å². The maximum absolute atomic E-state index is 5.84. The Balaban J connectivity index is 1.84. The zero-order valence-electron chi connectivity index (χ0n) is 13.4. The summed E-state index contributed by atoms with van der Waals surface area (Å²) in [7, 11) is 0. The molecule has 1 aliphatic carbocycles. The number of hydrazine groups is 1. The van der Waals surface area contributed by atoms with Crippen molar-refractivity contribution in [1.29, 1.82) is 0 Å². The zero-order chi connectivity index (χ0) is 15.3. The minimum Gasteiger partial charge on any atom is -0.271 e. The van der Waals surface area contributed by atoms with Crippen molar-refractivity contribution >= 4 is 10.9 Å². The molecule has 3 rings (SSSR count). The normalized spacial score (nSPS) is 21.4. The lowest BCUT2D eigenvalue weighted by molar-refractivity contribution is 0.400. The van der Waals surface area contributed by atoms with Crippen LogP contribution in [-0.4, -0.2) is 11.0 Å². The number of hydrogen-bond acceptors (Lipinski definition) is 3. The minimum absolute atomic E-state index is 0.267. The van der Waals surface area contributed by atoms with Gasteiger partial charge in [0.25, 0.3) is 0 Å². The molecule has 0 amide bonds. The van der Waals surface area contributed by atoms with Crippen LogP contribution in [0, 0.1) is 16.7 Å². The van der Waals surface area contributed by atoms with Crippen molar-refractivity contribution in [3.63, 3.8) is 0 Å². The number of rotatable bonds is 4. The van der Waals surface area contributed by atoms with Gasteiger partial charge in [0.15, 0.2) is 0 Å². The van der Waals surface area contributed by atoms with E-state index < -0.39 is 0 Å². The Morgan fingerprint density at radius 1 is 1.10 bits per heavy atom. The molecular formula is C18H25N3. The lowest BCUT2D eigenvalue weighted by Gasteiger charge is -2.18. The third-order valence-corrected chi connectivity index (χ3v) is 5.83. The van der Waals surface area contributed by atoms with Crippen LogP contribution >= 0.6 is 0 Å². The predicted octanol–water partition coefficient (Wildman–Crippen LogP) is 3.29. The molecule has 1 unspecified atom stereocenters. The molecule has 2 aromatic rings. The molecule has 1 aromatic carbocycles. The second-order valence-corrected chi connectivity index (χ2v) is 7.39. The van der Waals surface area contributed by atoms with E-state index in [0.29, 0.717) is 16.7 Å². The molecule has 3 nitrogen and oxygen atoms in total. The van der Waals surface area contributed by atoms with Gasteiger partial charge in [-0.05, 0) is 28.9 Å². The Morgan fingerprint density at radius 3 is 2.38 bits per heavy atom. The lowest BCUT2D eigenvalue weighted by Crippen LogP contribution is -2.40. The van der Waals surface area contributed by atoms with Crippen molar-refractivity contribution in [3.8, 4) is 0 Å². The van der Waals surface area contributed by atoms with Gasteiger partial charge in [0.05, 0.1) is 5.52 Å². The fourth-order valence-electron chi connectivity index (χ4n) is 3.97. The number of pyridine rings is 1. The van der Waals surface area contributed by atoms with Gasteiger partial charge in [-0.1, -0.05) is 52.0 Å². The number of aromatic nitrogens is 1. The van der Waals surface area contributed by atoms with Gasteiger partial charge in [0, 0.05) is 23.5 Å². The van der Waals surface area contributed by atoms with Gasteiger partial charge in [-0.2, -0.15) is 0 Å². The van der Waals surface area contributed by atoms with Gasteiger partial charge in [0.2, 0.25) is 0 Å². The van der Waals surface area contributed by atoms with E-state index in [2.05, 4.69) is 57.4 Å². The third kappa shape index (κ3) is 2.25. The van der Waals surface area contributed by atoms with E-state index in [0.717, 1.165) is 17.6 Å². The van der Waals surface area contributed by atoms with Crippen molar-refractivity contribution in [2.45, 2.75) is 40.2 Å². The van der Waals surface area contributed by atoms with Gasteiger partial charge in [-0.3, -0.25) is 16.3 Å². The highest BCUT2D eigenvalue weighted by atomic mass is 15.2. The van der Waals surface area contributed by atoms with Crippen LogP contribution in [0.4, 0.5) is 0 Å². The van der Waals surface area contributed by atoms with Crippen LogP contribution in [0.1, 0.15) is 33.4 Å². The van der Waals surface area contributed by atoms with Gasteiger partial charge >= 0.3 is 0 Å². The van der Waals surface area contributed by atoms with Crippen LogP contribution in [0.15, 0.2) is 36.4 Å². The summed E-state index contributed by atoms with van der Waals surface area (Å²) in [5.41, 5.74) is 5.83. The standard InChI is InChI=1S/C18H25N3/c1-17(2)16(18(17,3)4)15(21-19)11-13-10-9-12-7-5-6-8-14(12)20-13/h5-10,15-16,21H,11,19H2,1-4H3. The van der Waals surface area contributed by atoms with Crippen molar-refractivity contribution in [2.75, 3.05) is 0 Å². The number of hydrogen-bond donors (Lipinski definition) is 2. The number of nitrogens with two attached hydrogens (primary N) is 1. The summed E-state index contributed by atoms with van der Waals surface area (Å²) >= 11 is 0. The Morgan fingerprint density at radius 2 is 1.76 bits per heavy atom. The van der Waals surface area contributed by atoms with E-state index >= 15 is 0 Å². The molecule has 0 radical (unpaired) electrons. The van der Waals surface area contributed by atoms with Gasteiger partial charge in [0.1, 0.15) is 0 Å². The van der Waals surface area contributed by atoms with Crippen molar-refractivity contribution in [1.82, 2.24) is 10.4 Å². The first-order valence-electron chi connectivity index (χ1n) is 7.69. The molecule has 1 saturated carbocycles. The summed E-state index contributed by atoms with van der Waals surface area (Å²) in [6.07, 6.45) is 0.874.